The number of hydrogen-bond donors (Lipinski definition) is 3. The lowest BCUT2D eigenvalue weighted by molar-refractivity contribution is -0.116. The van der Waals surface area contributed by atoms with Crippen molar-refractivity contribution >= 4 is 40.3 Å². The molecule has 0 aliphatic carbocycles. The summed E-state index contributed by atoms with van der Waals surface area (Å²) in [5, 5.41) is 6.79. The zero-order chi connectivity index (χ0) is 14.1. The predicted molar refractivity (Wildman–Crippen MR) is 82.5 cm³/mol. The molecular formula is C15H14ClN3O. The quantitative estimate of drug-likeness (QED) is 0.740. The number of anilines is 4. The van der Waals surface area contributed by atoms with E-state index in [-0.39, 0.29) is 5.91 Å². The van der Waals surface area contributed by atoms with Gasteiger partial charge in [-0.25, -0.2) is 0 Å². The summed E-state index contributed by atoms with van der Waals surface area (Å²) < 4.78 is 0. The molecule has 1 aliphatic rings. The zero-order valence-electron chi connectivity index (χ0n) is 10.7. The first-order valence-corrected chi connectivity index (χ1v) is 6.74. The van der Waals surface area contributed by atoms with Crippen molar-refractivity contribution < 1.29 is 4.79 Å². The second-order valence-electron chi connectivity index (χ2n) is 4.78. The van der Waals surface area contributed by atoms with E-state index in [1.165, 1.54) is 0 Å². The molecule has 0 aromatic heterocycles. The first-order chi connectivity index (χ1) is 9.61. The van der Waals surface area contributed by atoms with E-state index in [9.17, 15) is 4.79 Å². The second-order valence-corrected chi connectivity index (χ2v) is 5.21. The van der Waals surface area contributed by atoms with Crippen molar-refractivity contribution in [1.82, 2.24) is 0 Å². The van der Waals surface area contributed by atoms with Crippen LogP contribution in [0.3, 0.4) is 0 Å². The van der Waals surface area contributed by atoms with Gasteiger partial charge in [-0.15, -0.1) is 0 Å². The third-order valence-electron chi connectivity index (χ3n) is 3.29. The smallest absolute Gasteiger partial charge is 0.224 e. The Morgan fingerprint density at radius 3 is 2.65 bits per heavy atom. The molecule has 0 saturated carbocycles. The standard InChI is InChI=1S/C15H14ClN3O/c16-10-2-4-11(5-3-10)18-14-7-9-1-6-15(20)19-13(9)8-12(14)17/h2-5,7-8,18H,1,6,17H2,(H,19,20). The highest BCUT2D eigenvalue weighted by molar-refractivity contribution is 6.30. The molecule has 2 aromatic rings. The first-order valence-electron chi connectivity index (χ1n) is 6.36. The number of rotatable bonds is 2. The van der Waals surface area contributed by atoms with Crippen molar-refractivity contribution in [3.63, 3.8) is 0 Å². The Kier molecular flexibility index (Phi) is 3.24. The molecule has 20 heavy (non-hydrogen) atoms. The fourth-order valence-electron chi connectivity index (χ4n) is 2.24. The van der Waals surface area contributed by atoms with Crippen LogP contribution in [0.4, 0.5) is 22.7 Å². The van der Waals surface area contributed by atoms with Crippen LogP contribution in [0.1, 0.15) is 12.0 Å². The lowest BCUT2D eigenvalue weighted by atomic mass is 10.0. The van der Waals surface area contributed by atoms with Gasteiger partial charge in [0.2, 0.25) is 5.91 Å². The van der Waals surface area contributed by atoms with E-state index in [0.29, 0.717) is 17.1 Å². The highest BCUT2D eigenvalue weighted by Gasteiger charge is 2.16. The average Bonchev–Trinajstić information content (AvgIpc) is 2.42. The summed E-state index contributed by atoms with van der Waals surface area (Å²) in [5.41, 5.74) is 10.3. The third-order valence-corrected chi connectivity index (χ3v) is 3.55. The number of aryl methyl sites for hydroxylation is 1. The topological polar surface area (TPSA) is 67.1 Å². The first kappa shape index (κ1) is 12.8. The van der Waals surface area contributed by atoms with Crippen LogP contribution >= 0.6 is 11.6 Å². The molecule has 3 rings (SSSR count). The number of carbonyl (C=O) groups is 1. The maximum Gasteiger partial charge on any atom is 0.224 e. The number of amides is 1. The van der Waals surface area contributed by atoms with Crippen LogP contribution in [0.5, 0.6) is 0 Å². The number of benzene rings is 2. The van der Waals surface area contributed by atoms with Gasteiger partial charge in [-0.1, -0.05) is 11.6 Å². The molecule has 2 aromatic carbocycles. The fraction of sp³-hybridized carbons (Fsp3) is 0.133. The minimum absolute atomic E-state index is 0.0373. The third kappa shape index (κ3) is 2.56. The van der Waals surface area contributed by atoms with E-state index in [4.69, 9.17) is 17.3 Å². The molecular weight excluding hydrogens is 274 g/mol. The Balaban J connectivity index is 1.90. The van der Waals surface area contributed by atoms with E-state index < -0.39 is 0 Å². The highest BCUT2D eigenvalue weighted by atomic mass is 35.5. The number of nitrogens with two attached hydrogens (primary N) is 1. The molecule has 0 fully saturated rings. The van der Waals surface area contributed by atoms with Crippen LogP contribution in [0.15, 0.2) is 36.4 Å². The Bertz CT molecular complexity index is 668. The van der Waals surface area contributed by atoms with Gasteiger partial charge >= 0.3 is 0 Å². The summed E-state index contributed by atoms with van der Waals surface area (Å²) in [4.78, 5) is 11.4. The van der Waals surface area contributed by atoms with Gasteiger partial charge in [0.25, 0.3) is 0 Å². The van der Waals surface area contributed by atoms with Crippen molar-refractivity contribution in [2.45, 2.75) is 12.8 Å². The van der Waals surface area contributed by atoms with Gasteiger partial charge in [0.1, 0.15) is 0 Å². The summed E-state index contributed by atoms with van der Waals surface area (Å²) in [7, 11) is 0. The van der Waals surface area contributed by atoms with E-state index in [1.54, 1.807) is 6.07 Å². The number of fused-ring (bicyclic) bond motifs is 1. The molecule has 5 heteroatoms. The predicted octanol–water partition coefficient (Wildman–Crippen LogP) is 3.55. The maximum absolute atomic E-state index is 11.4. The van der Waals surface area contributed by atoms with E-state index >= 15 is 0 Å². The van der Waals surface area contributed by atoms with Gasteiger partial charge in [0.15, 0.2) is 0 Å². The number of halogens is 1. The minimum atomic E-state index is 0.0373. The van der Waals surface area contributed by atoms with Gasteiger partial charge in [0, 0.05) is 22.8 Å². The second kappa shape index (κ2) is 5.06. The molecule has 0 saturated heterocycles. The van der Waals surface area contributed by atoms with Gasteiger partial charge in [-0.2, -0.15) is 0 Å². The van der Waals surface area contributed by atoms with Crippen molar-refractivity contribution in [3.05, 3.63) is 47.0 Å². The van der Waals surface area contributed by atoms with Gasteiger partial charge < -0.3 is 16.4 Å². The Morgan fingerprint density at radius 1 is 1.15 bits per heavy atom. The average molecular weight is 288 g/mol. The number of hydrogen-bond acceptors (Lipinski definition) is 3. The number of nitrogens with one attached hydrogen (secondary N) is 2. The molecule has 0 atom stereocenters. The largest absolute Gasteiger partial charge is 0.397 e. The summed E-state index contributed by atoms with van der Waals surface area (Å²) in [5.74, 6) is 0.0373. The molecule has 102 valence electrons. The molecule has 0 bridgehead atoms. The molecule has 1 heterocycles. The van der Waals surface area contributed by atoms with E-state index in [1.807, 2.05) is 30.3 Å². The Hall–Kier alpha value is -2.20. The van der Waals surface area contributed by atoms with Gasteiger partial charge in [-0.3, -0.25) is 4.79 Å². The summed E-state index contributed by atoms with van der Waals surface area (Å²) >= 11 is 5.86. The monoisotopic (exact) mass is 287 g/mol. The fourth-order valence-corrected chi connectivity index (χ4v) is 2.37. The van der Waals surface area contributed by atoms with Gasteiger partial charge in [-0.05, 0) is 48.4 Å². The number of carbonyl (C=O) groups excluding carboxylic acids is 1. The van der Waals surface area contributed by atoms with Crippen molar-refractivity contribution in [3.8, 4) is 0 Å². The van der Waals surface area contributed by atoms with Crippen molar-refractivity contribution in [2.75, 3.05) is 16.4 Å². The molecule has 1 aliphatic heterocycles. The van der Waals surface area contributed by atoms with Crippen LogP contribution in [-0.4, -0.2) is 5.91 Å². The van der Waals surface area contributed by atoms with Crippen LogP contribution in [-0.2, 0) is 11.2 Å². The lowest BCUT2D eigenvalue weighted by Crippen LogP contribution is -2.19. The molecule has 1 amide bonds. The Morgan fingerprint density at radius 2 is 1.90 bits per heavy atom. The summed E-state index contributed by atoms with van der Waals surface area (Å²) in [6.07, 6.45) is 1.24. The van der Waals surface area contributed by atoms with Crippen LogP contribution in [0.2, 0.25) is 5.02 Å². The van der Waals surface area contributed by atoms with Crippen molar-refractivity contribution in [2.24, 2.45) is 0 Å². The van der Waals surface area contributed by atoms with Gasteiger partial charge in [0.05, 0.1) is 11.4 Å². The van der Waals surface area contributed by atoms with Crippen molar-refractivity contribution in [1.29, 1.82) is 0 Å². The molecule has 0 radical (unpaired) electrons. The minimum Gasteiger partial charge on any atom is -0.397 e. The van der Waals surface area contributed by atoms with Crippen LogP contribution in [0, 0.1) is 0 Å². The molecule has 4 N–H and O–H groups in total. The molecule has 4 nitrogen and oxygen atoms in total. The van der Waals surface area contributed by atoms with E-state index in [2.05, 4.69) is 10.6 Å². The zero-order valence-corrected chi connectivity index (χ0v) is 11.5. The summed E-state index contributed by atoms with van der Waals surface area (Å²) in [6.45, 7) is 0. The molecule has 0 unspecified atom stereocenters. The number of nitrogen functional groups attached to an aromatic ring is 1. The maximum atomic E-state index is 11.4. The highest BCUT2D eigenvalue weighted by Crippen LogP contribution is 2.32. The lowest BCUT2D eigenvalue weighted by Gasteiger charge is -2.19. The summed E-state index contributed by atoms with van der Waals surface area (Å²) in [6, 6.07) is 11.2. The molecule has 0 spiro atoms. The Labute approximate surface area is 121 Å². The SMILES string of the molecule is Nc1cc2c(cc1Nc1ccc(Cl)cc1)CCC(=O)N2. The van der Waals surface area contributed by atoms with Crippen LogP contribution < -0.4 is 16.4 Å². The van der Waals surface area contributed by atoms with E-state index in [0.717, 1.165) is 29.0 Å². The van der Waals surface area contributed by atoms with Crippen LogP contribution in [0.25, 0.3) is 0 Å². The normalized spacial score (nSPS) is 13.6.